The van der Waals surface area contributed by atoms with Crippen molar-refractivity contribution in [2.45, 2.75) is 23.8 Å². The van der Waals surface area contributed by atoms with Gasteiger partial charge in [0.25, 0.3) is 0 Å². The molecule has 1 aliphatic heterocycles. The molecule has 1 atom stereocenters. The number of piperidine rings is 1. The highest BCUT2D eigenvalue weighted by Gasteiger charge is 2.34. The smallest absolute Gasteiger partial charge is 0.245 e. The monoisotopic (exact) mass is 437 g/mol. The van der Waals surface area contributed by atoms with Gasteiger partial charge in [-0.25, -0.2) is 21.6 Å². The summed E-state index contributed by atoms with van der Waals surface area (Å²) in [4.78, 5) is 12.1. The molecule has 0 spiro atoms. The first-order chi connectivity index (χ1) is 14.2. The van der Waals surface area contributed by atoms with Gasteiger partial charge in [0, 0.05) is 30.6 Å². The third-order valence-electron chi connectivity index (χ3n) is 4.97. The number of carbonyl (C=O) groups excluding carboxylic acids is 1. The van der Waals surface area contributed by atoms with E-state index in [1.165, 1.54) is 18.2 Å². The molecule has 3 rings (SSSR count). The molecule has 2 aromatic rings. The van der Waals surface area contributed by atoms with Crippen LogP contribution in [0.25, 0.3) is 0 Å². The predicted octanol–water partition coefficient (Wildman–Crippen LogP) is 2.89. The molecule has 1 fully saturated rings. The molecule has 1 aliphatic rings. The first-order valence-corrected chi connectivity index (χ1v) is 10.6. The van der Waals surface area contributed by atoms with Crippen LogP contribution >= 0.6 is 0 Å². The Kier molecular flexibility index (Phi) is 6.43. The van der Waals surface area contributed by atoms with Gasteiger partial charge in [0.15, 0.2) is 0 Å². The molecule has 0 aliphatic carbocycles. The standard InChI is InChI=1S/C20H18F3N3O3S/c21-14-5-6-15(17(23)11-14)18(12-24)25-20(27)13-7-9-26(10-8-13)30(28,29)19-4-2-1-3-16(19)22/h1-6,11,13,18H,7-10H2,(H,25,27). The second kappa shape index (κ2) is 8.85. The summed E-state index contributed by atoms with van der Waals surface area (Å²) in [6.45, 7) is -0.00618. The zero-order chi connectivity index (χ0) is 21.9. The van der Waals surface area contributed by atoms with E-state index in [-0.39, 0.29) is 31.5 Å². The van der Waals surface area contributed by atoms with Gasteiger partial charge in [-0.3, -0.25) is 4.79 Å². The molecule has 1 amide bonds. The molecule has 0 bridgehead atoms. The van der Waals surface area contributed by atoms with E-state index >= 15 is 0 Å². The number of nitriles is 1. The van der Waals surface area contributed by atoms with Crippen molar-refractivity contribution in [1.82, 2.24) is 9.62 Å². The molecule has 1 heterocycles. The Hall–Kier alpha value is -2.90. The molecule has 1 N–H and O–H groups in total. The fourth-order valence-electron chi connectivity index (χ4n) is 3.33. The molecule has 158 valence electrons. The summed E-state index contributed by atoms with van der Waals surface area (Å²) < 4.78 is 67.2. The number of sulfonamides is 1. The Bertz CT molecular complexity index is 1090. The lowest BCUT2D eigenvalue weighted by Gasteiger charge is -2.31. The van der Waals surface area contributed by atoms with Crippen molar-refractivity contribution in [3.05, 3.63) is 65.5 Å². The first-order valence-electron chi connectivity index (χ1n) is 9.13. The SMILES string of the molecule is N#CC(NC(=O)C1CCN(S(=O)(=O)c2ccccc2F)CC1)c1ccc(F)cc1F. The van der Waals surface area contributed by atoms with Crippen molar-refractivity contribution in [3.63, 3.8) is 0 Å². The fraction of sp³-hybridized carbons (Fsp3) is 0.300. The number of benzene rings is 2. The Morgan fingerprint density at radius 1 is 1.10 bits per heavy atom. The maximum absolute atomic E-state index is 13.9. The van der Waals surface area contributed by atoms with E-state index in [0.29, 0.717) is 6.07 Å². The summed E-state index contributed by atoms with van der Waals surface area (Å²) in [6.07, 6.45) is 0.313. The average Bonchev–Trinajstić information content (AvgIpc) is 2.72. The number of amides is 1. The second-order valence-electron chi connectivity index (χ2n) is 6.85. The van der Waals surface area contributed by atoms with Gasteiger partial charge in [0.05, 0.1) is 6.07 Å². The van der Waals surface area contributed by atoms with Crippen LogP contribution in [0.4, 0.5) is 13.2 Å². The number of carbonyl (C=O) groups is 1. The van der Waals surface area contributed by atoms with Crippen molar-refractivity contribution in [3.8, 4) is 6.07 Å². The number of nitrogens with zero attached hydrogens (tertiary/aromatic N) is 2. The summed E-state index contributed by atoms with van der Waals surface area (Å²) in [5.41, 5.74) is -0.160. The molecule has 0 radical (unpaired) electrons. The summed E-state index contributed by atoms with van der Waals surface area (Å²) in [5, 5.41) is 11.7. The van der Waals surface area contributed by atoms with Crippen LogP contribution in [-0.4, -0.2) is 31.7 Å². The number of hydrogen-bond acceptors (Lipinski definition) is 4. The molecule has 0 aromatic heterocycles. The van der Waals surface area contributed by atoms with Gasteiger partial charge in [-0.05, 0) is 31.0 Å². The van der Waals surface area contributed by atoms with Gasteiger partial charge < -0.3 is 5.32 Å². The first kappa shape index (κ1) is 21.8. The highest BCUT2D eigenvalue weighted by molar-refractivity contribution is 7.89. The number of rotatable bonds is 5. The number of nitrogens with one attached hydrogen (secondary N) is 1. The third-order valence-corrected chi connectivity index (χ3v) is 6.90. The maximum Gasteiger partial charge on any atom is 0.245 e. The van der Waals surface area contributed by atoms with Gasteiger partial charge in [-0.2, -0.15) is 9.57 Å². The molecule has 1 unspecified atom stereocenters. The predicted molar refractivity (Wildman–Crippen MR) is 101 cm³/mol. The van der Waals surface area contributed by atoms with Crippen molar-refractivity contribution >= 4 is 15.9 Å². The zero-order valence-electron chi connectivity index (χ0n) is 15.7. The van der Waals surface area contributed by atoms with E-state index in [4.69, 9.17) is 0 Å². The lowest BCUT2D eigenvalue weighted by Crippen LogP contribution is -2.43. The molecule has 2 aromatic carbocycles. The van der Waals surface area contributed by atoms with Crippen LogP contribution in [0.1, 0.15) is 24.4 Å². The van der Waals surface area contributed by atoms with Crippen LogP contribution in [0.3, 0.4) is 0 Å². The highest BCUT2D eigenvalue weighted by Crippen LogP contribution is 2.26. The topological polar surface area (TPSA) is 90.3 Å². The van der Waals surface area contributed by atoms with Crippen molar-refractivity contribution in [2.24, 2.45) is 5.92 Å². The minimum Gasteiger partial charge on any atom is -0.336 e. The van der Waals surface area contributed by atoms with E-state index in [1.807, 2.05) is 0 Å². The molecule has 30 heavy (non-hydrogen) atoms. The van der Waals surface area contributed by atoms with Crippen LogP contribution < -0.4 is 5.32 Å². The lowest BCUT2D eigenvalue weighted by molar-refractivity contribution is -0.126. The summed E-state index contributed by atoms with van der Waals surface area (Å²) in [7, 11) is -4.03. The molecule has 6 nitrogen and oxygen atoms in total. The summed E-state index contributed by atoms with van der Waals surface area (Å²) >= 11 is 0. The van der Waals surface area contributed by atoms with E-state index < -0.39 is 50.2 Å². The largest absolute Gasteiger partial charge is 0.336 e. The molecular weight excluding hydrogens is 419 g/mol. The fourth-order valence-corrected chi connectivity index (χ4v) is 4.86. The van der Waals surface area contributed by atoms with Crippen molar-refractivity contribution < 1.29 is 26.4 Å². The Balaban J connectivity index is 1.65. The van der Waals surface area contributed by atoms with E-state index in [1.54, 1.807) is 6.07 Å². The van der Waals surface area contributed by atoms with Crippen LogP contribution in [0, 0.1) is 34.7 Å². The van der Waals surface area contributed by atoms with Crippen molar-refractivity contribution in [1.29, 1.82) is 5.26 Å². The second-order valence-corrected chi connectivity index (χ2v) is 8.75. The Labute approximate surface area is 172 Å². The zero-order valence-corrected chi connectivity index (χ0v) is 16.5. The molecular formula is C20H18F3N3O3S. The van der Waals surface area contributed by atoms with Gasteiger partial charge >= 0.3 is 0 Å². The molecule has 10 heteroatoms. The number of halogens is 3. The summed E-state index contributed by atoms with van der Waals surface area (Å²) in [6, 6.07) is 8.21. The summed E-state index contributed by atoms with van der Waals surface area (Å²) in [5.74, 6) is -3.74. The minimum atomic E-state index is -4.03. The van der Waals surface area contributed by atoms with Gasteiger partial charge in [0.1, 0.15) is 28.4 Å². The normalized spacial score (nSPS) is 16.6. The van der Waals surface area contributed by atoms with Crippen LogP contribution in [0.2, 0.25) is 0 Å². The Morgan fingerprint density at radius 2 is 1.77 bits per heavy atom. The highest BCUT2D eigenvalue weighted by atomic mass is 32.2. The van der Waals surface area contributed by atoms with E-state index in [0.717, 1.165) is 22.5 Å². The number of hydrogen-bond donors (Lipinski definition) is 1. The minimum absolute atomic E-state index is 0.00309. The quantitative estimate of drug-likeness (QED) is 0.779. The van der Waals surface area contributed by atoms with E-state index in [2.05, 4.69) is 5.32 Å². The Morgan fingerprint density at radius 3 is 2.37 bits per heavy atom. The lowest BCUT2D eigenvalue weighted by atomic mass is 9.96. The van der Waals surface area contributed by atoms with Crippen LogP contribution in [-0.2, 0) is 14.8 Å². The van der Waals surface area contributed by atoms with Gasteiger partial charge in [0.2, 0.25) is 15.9 Å². The maximum atomic E-state index is 13.9. The van der Waals surface area contributed by atoms with E-state index in [9.17, 15) is 31.6 Å². The van der Waals surface area contributed by atoms with Crippen LogP contribution in [0.15, 0.2) is 47.4 Å². The molecule has 1 saturated heterocycles. The van der Waals surface area contributed by atoms with Crippen molar-refractivity contribution in [2.75, 3.05) is 13.1 Å². The third kappa shape index (κ3) is 4.47. The average molecular weight is 437 g/mol. The molecule has 0 saturated carbocycles. The van der Waals surface area contributed by atoms with Gasteiger partial charge in [-0.15, -0.1) is 0 Å². The van der Waals surface area contributed by atoms with Gasteiger partial charge in [-0.1, -0.05) is 18.2 Å². The van der Waals surface area contributed by atoms with Crippen LogP contribution in [0.5, 0.6) is 0 Å².